The normalized spacial score (nSPS) is 10.7. The Morgan fingerprint density at radius 2 is 2.05 bits per heavy atom. The maximum absolute atomic E-state index is 11.2. The molecule has 0 unspecified atom stereocenters. The minimum absolute atomic E-state index is 0.175. The van der Waals surface area contributed by atoms with Crippen molar-refractivity contribution in [2.45, 2.75) is 29.7 Å². The molecule has 0 saturated carbocycles. The average Bonchev–Trinajstić information content (AvgIpc) is 2.47. The summed E-state index contributed by atoms with van der Waals surface area (Å²) < 4.78 is 5.19. The van der Waals surface area contributed by atoms with E-state index in [4.69, 9.17) is 4.74 Å². The van der Waals surface area contributed by atoms with E-state index in [0.29, 0.717) is 5.03 Å². The van der Waals surface area contributed by atoms with Crippen LogP contribution in [0.25, 0.3) is 0 Å². The van der Waals surface area contributed by atoms with Crippen molar-refractivity contribution >= 4 is 17.7 Å². The van der Waals surface area contributed by atoms with E-state index >= 15 is 0 Å². The zero-order chi connectivity index (χ0) is 15.4. The fourth-order valence-corrected chi connectivity index (χ4v) is 2.68. The van der Waals surface area contributed by atoms with Crippen LogP contribution in [0.2, 0.25) is 0 Å². The third-order valence-corrected chi connectivity index (χ3v) is 3.83. The van der Waals surface area contributed by atoms with Crippen molar-refractivity contribution in [1.29, 1.82) is 0 Å². The summed E-state index contributed by atoms with van der Waals surface area (Å²) in [7, 11) is 1.62. The van der Waals surface area contributed by atoms with Gasteiger partial charge in [-0.3, -0.25) is 0 Å². The standard InChI is InChI=1S/C16H17NO3S/c1-10(2)14-7-11(16(18)19)8-15(17-14)21-13-6-4-5-12(9-13)20-3/h4-10H,1-3H3,(H,18,19). The quantitative estimate of drug-likeness (QED) is 0.902. The highest BCUT2D eigenvalue weighted by atomic mass is 32.2. The maximum atomic E-state index is 11.2. The highest BCUT2D eigenvalue weighted by Gasteiger charge is 2.12. The van der Waals surface area contributed by atoms with Crippen LogP contribution in [0, 0.1) is 0 Å². The van der Waals surface area contributed by atoms with Crippen LogP contribution >= 0.6 is 11.8 Å². The lowest BCUT2D eigenvalue weighted by Gasteiger charge is -2.09. The van der Waals surface area contributed by atoms with Crippen molar-refractivity contribution in [1.82, 2.24) is 4.98 Å². The van der Waals surface area contributed by atoms with Gasteiger partial charge in [0.25, 0.3) is 0 Å². The molecule has 0 aliphatic carbocycles. The van der Waals surface area contributed by atoms with Crippen LogP contribution < -0.4 is 4.74 Å². The number of benzene rings is 1. The molecular formula is C16H17NO3S. The van der Waals surface area contributed by atoms with Gasteiger partial charge in [-0.15, -0.1) is 0 Å². The Morgan fingerprint density at radius 1 is 1.29 bits per heavy atom. The fraction of sp³-hybridized carbons (Fsp3) is 0.250. The molecule has 0 spiro atoms. The molecule has 0 amide bonds. The van der Waals surface area contributed by atoms with Crippen molar-refractivity contribution in [3.63, 3.8) is 0 Å². The molecule has 2 aromatic rings. The van der Waals surface area contributed by atoms with Gasteiger partial charge in [-0.2, -0.15) is 0 Å². The first-order chi connectivity index (χ1) is 9.99. The number of hydrogen-bond donors (Lipinski definition) is 1. The van der Waals surface area contributed by atoms with Crippen LogP contribution in [0.15, 0.2) is 46.3 Å². The van der Waals surface area contributed by atoms with Crippen molar-refractivity contribution in [3.8, 4) is 5.75 Å². The Morgan fingerprint density at radius 3 is 2.67 bits per heavy atom. The number of methoxy groups -OCH3 is 1. The summed E-state index contributed by atoms with van der Waals surface area (Å²) in [4.78, 5) is 16.7. The SMILES string of the molecule is COc1cccc(Sc2cc(C(=O)O)cc(C(C)C)n2)c1. The molecule has 2 rings (SSSR count). The highest BCUT2D eigenvalue weighted by molar-refractivity contribution is 7.99. The van der Waals surface area contributed by atoms with Crippen LogP contribution in [0.1, 0.15) is 35.8 Å². The van der Waals surface area contributed by atoms with Crippen LogP contribution in [-0.2, 0) is 0 Å². The molecule has 0 radical (unpaired) electrons. The number of carbonyl (C=O) groups is 1. The van der Waals surface area contributed by atoms with Crippen LogP contribution in [-0.4, -0.2) is 23.2 Å². The van der Waals surface area contributed by atoms with Crippen LogP contribution in [0.3, 0.4) is 0 Å². The fourth-order valence-electron chi connectivity index (χ4n) is 1.78. The van der Waals surface area contributed by atoms with Gasteiger partial charge in [0.15, 0.2) is 0 Å². The van der Waals surface area contributed by atoms with Gasteiger partial charge in [0.2, 0.25) is 0 Å². The largest absolute Gasteiger partial charge is 0.497 e. The van der Waals surface area contributed by atoms with E-state index < -0.39 is 5.97 Å². The molecule has 110 valence electrons. The van der Waals surface area contributed by atoms with E-state index in [-0.39, 0.29) is 11.5 Å². The molecule has 0 bridgehead atoms. The van der Waals surface area contributed by atoms with Gasteiger partial charge in [0.1, 0.15) is 10.8 Å². The summed E-state index contributed by atoms with van der Waals surface area (Å²) in [5.74, 6) is -0.000719. The zero-order valence-electron chi connectivity index (χ0n) is 12.2. The molecule has 0 saturated heterocycles. The minimum Gasteiger partial charge on any atom is -0.497 e. The van der Waals surface area contributed by atoms with Gasteiger partial charge in [-0.1, -0.05) is 31.7 Å². The lowest BCUT2D eigenvalue weighted by atomic mass is 10.1. The van der Waals surface area contributed by atoms with Crippen LogP contribution in [0.5, 0.6) is 5.75 Å². The number of nitrogens with zero attached hydrogens (tertiary/aromatic N) is 1. The van der Waals surface area contributed by atoms with E-state index in [0.717, 1.165) is 16.3 Å². The Balaban J connectivity index is 2.36. The van der Waals surface area contributed by atoms with E-state index in [2.05, 4.69) is 4.98 Å². The van der Waals surface area contributed by atoms with Crippen molar-refractivity contribution in [3.05, 3.63) is 47.7 Å². The Labute approximate surface area is 128 Å². The number of carboxylic acids is 1. The molecule has 1 heterocycles. The van der Waals surface area contributed by atoms with Crippen LogP contribution in [0.4, 0.5) is 0 Å². The van der Waals surface area contributed by atoms with Gasteiger partial charge in [-0.25, -0.2) is 9.78 Å². The number of ether oxygens (including phenoxy) is 1. The highest BCUT2D eigenvalue weighted by Crippen LogP contribution is 2.30. The second-order valence-electron chi connectivity index (χ2n) is 4.86. The van der Waals surface area contributed by atoms with E-state index in [9.17, 15) is 9.90 Å². The summed E-state index contributed by atoms with van der Waals surface area (Å²) in [6, 6.07) is 10.8. The smallest absolute Gasteiger partial charge is 0.335 e. The number of carboxylic acid groups (broad SMARTS) is 1. The molecule has 0 aliphatic heterocycles. The lowest BCUT2D eigenvalue weighted by molar-refractivity contribution is 0.0696. The second-order valence-corrected chi connectivity index (χ2v) is 5.95. The van der Waals surface area contributed by atoms with E-state index in [1.54, 1.807) is 19.2 Å². The Bertz CT molecular complexity index is 656. The Kier molecular flexibility index (Phi) is 4.85. The van der Waals surface area contributed by atoms with Gasteiger partial charge >= 0.3 is 5.97 Å². The summed E-state index contributed by atoms with van der Waals surface area (Å²) in [6.07, 6.45) is 0. The Hall–Kier alpha value is -2.01. The second kappa shape index (κ2) is 6.63. The van der Waals surface area contributed by atoms with Crippen molar-refractivity contribution in [2.24, 2.45) is 0 Å². The number of hydrogen-bond acceptors (Lipinski definition) is 4. The van der Waals surface area contributed by atoms with Gasteiger partial charge in [0.05, 0.1) is 12.7 Å². The molecule has 0 aliphatic rings. The molecule has 0 fully saturated rings. The number of pyridine rings is 1. The predicted molar refractivity (Wildman–Crippen MR) is 82.4 cm³/mol. The topological polar surface area (TPSA) is 59.4 Å². The number of aromatic nitrogens is 1. The molecule has 1 N–H and O–H groups in total. The first-order valence-corrected chi connectivity index (χ1v) is 7.38. The monoisotopic (exact) mass is 303 g/mol. The molecule has 4 nitrogen and oxygen atoms in total. The summed E-state index contributed by atoms with van der Waals surface area (Å²) in [6.45, 7) is 3.99. The number of aromatic carboxylic acids is 1. The van der Waals surface area contributed by atoms with Gasteiger partial charge in [-0.05, 0) is 36.2 Å². The first-order valence-electron chi connectivity index (χ1n) is 6.57. The third-order valence-electron chi connectivity index (χ3n) is 2.92. The minimum atomic E-state index is -0.938. The van der Waals surface area contributed by atoms with E-state index in [1.807, 2.05) is 38.1 Å². The molecule has 5 heteroatoms. The molecule has 0 atom stereocenters. The summed E-state index contributed by atoms with van der Waals surface area (Å²) in [5, 5.41) is 9.88. The predicted octanol–water partition coefficient (Wildman–Crippen LogP) is 4.06. The van der Waals surface area contributed by atoms with Crippen molar-refractivity contribution in [2.75, 3.05) is 7.11 Å². The molecule has 1 aromatic heterocycles. The summed E-state index contributed by atoms with van der Waals surface area (Å²) in [5.41, 5.74) is 1.04. The van der Waals surface area contributed by atoms with Gasteiger partial charge in [0, 0.05) is 10.6 Å². The van der Waals surface area contributed by atoms with Gasteiger partial charge < -0.3 is 9.84 Å². The molecule has 21 heavy (non-hydrogen) atoms. The zero-order valence-corrected chi connectivity index (χ0v) is 13.0. The third kappa shape index (κ3) is 3.98. The maximum Gasteiger partial charge on any atom is 0.335 e. The molecule has 1 aromatic carbocycles. The van der Waals surface area contributed by atoms with E-state index in [1.165, 1.54) is 11.8 Å². The number of rotatable bonds is 5. The summed E-state index contributed by atoms with van der Waals surface area (Å²) >= 11 is 1.43. The average molecular weight is 303 g/mol. The molecular weight excluding hydrogens is 286 g/mol. The lowest BCUT2D eigenvalue weighted by Crippen LogP contribution is -2.02. The van der Waals surface area contributed by atoms with Crippen molar-refractivity contribution < 1.29 is 14.6 Å². The first kappa shape index (κ1) is 15.4.